The highest BCUT2D eigenvalue weighted by molar-refractivity contribution is 7.92. The zero-order chi connectivity index (χ0) is 29.8. The van der Waals surface area contributed by atoms with Gasteiger partial charge in [0.25, 0.3) is 10.0 Å². The highest BCUT2D eigenvalue weighted by Crippen LogP contribution is 2.35. The SMILES string of the molecule is COc1ccc(S(=O)(=O)N(CC(=O)N2CCN(c3ccccc3OC)CC2)c2cccc(C(F)(F)F)c2)cc1OC. The average molecular weight is 594 g/mol. The van der Waals surface area contributed by atoms with Crippen LogP contribution in [-0.2, 0) is 21.0 Å². The van der Waals surface area contributed by atoms with Gasteiger partial charge in [0.1, 0.15) is 12.3 Å². The quantitative estimate of drug-likeness (QED) is 0.366. The number of alkyl halides is 3. The van der Waals surface area contributed by atoms with Gasteiger partial charge < -0.3 is 24.0 Å². The topological polar surface area (TPSA) is 88.6 Å². The third-order valence-corrected chi connectivity index (χ3v) is 8.51. The van der Waals surface area contributed by atoms with Crippen molar-refractivity contribution in [2.24, 2.45) is 0 Å². The molecule has 220 valence electrons. The van der Waals surface area contributed by atoms with Gasteiger partial charge in [-0.3, -0.25) is 9.10 Å². The van der Waals surface area contributed by atoms with Crippen LogP contribution in [0, 0.1) is 0 Å². The Hall–Kier alpha value is -4.13. The summed E-state index contributed by atoms with van der Waals surface area (Å²) in [5, 5.41) is 0. The smallest absolute Gasteiger partial charge is 0.416 e. The van der Waals surface area contributed by atoms with E-state index in [0.717, 1.165) is 17.8 Å². The van der Waals surface area contributed by atoms with Gasteiger partial charge in [0.05, 0.1) is 43.2 Å². The minimum atomic E-state index is -4.71. The van der Waals surface area contributed by atoms with Crippen molar-refractivity contribution in [3.8, 4) is 17.2 Å². The minimum absolute atomic E-state index is 0.108. The van der Waals surface area contributed by atoms with E-state index in [1.54, 1.807) is 7.11 Å². The number of nitrogens with zero attached hydrogens (tertiary/aromatic N) is 3. The molecule has 1 heterocycles. The molecule has 0 N–H and O–H groups in total. The van der Waals surface area contributed by atoms with Crippen molar-refractivity contribution in [2.75, 3.05) is 63.3 Å². The number of anilines is 2. The number of para-hydroxylation sites is 2. The van der Waals surface area contributed by atoms with Crippen LogP contribution in [-0.4, -0.2) is 73.3 Å². The van der Waals surface area contributed by atoms with Gasteiger partial charge in [-0.15, -0.1) is 0 Å². The monoisotopic (exact) mass is 593 g/mol. The Morgan fingerprint density at radius 2 is 1.49 bits per heavy atom. The molecule has 0 saturated carbocycles. The number of piperazine rings is 1. The zero-order valence-electron chi connectivity index (χ0n) is 22.7. The number of methoxy groups -OCH3 is 3. The van der Waals surface area contributed by atoms with Crippen molar-refractivity contribution in [1.82, 2.24) is 4.90 Å². The molecule has 9 nitrogen and oxygen atoms in total. The molecule has 1 amide bonds. The summed E-state index contributed by atoms with van der Waals surface area (Å²) >= 11 is 0. The second-order valence-corrected chi connectivity index (χ2v) is 11.0. The Bertz CT molecular complexity index is 1490. The molecule has 1 saturated heterocycles. The van der Waals surface area contributed by atoms with Gasteiger partial charge in [0.2, 0.25) is 5.91 Å². The molecule has 13 heteroatoms. The van der Waals surface area contributed by atoms with Crippen LogP contribution in [0.15, 0.2) is 71.6 Å². The van der Waals surface area contributed by atoms with Gasteiger partial charge in [-0.25, -0.2) is 8.42 Å². The number of benzene rings is 3. The van der Waals surface area contributed by atoms with Crippen LogP contribution in [0.5, 0.6) is 17.2 Å². The number of amides is 1. The summed E-state index contributed by atoms with van der Waals surface area (Å²) in [6.07, 6.45) is -4.71. The van der Waals surface area contributed by atoms with E-state index < -0.39 is 34.2 Å². The summed E-state index contributed by atoms with van der Waals surface area (Å²) in [6.45, 7) is 0.774. The maximum absolute atomic E-state index is 13.8. The molecule has 0 atom stereocenters. The summed E-state index contributed by atoms with van der Waals surface area (Å²) in [6, 6.07) is 15.2. The van der Waals surface area contributed by atoms with Crippen molar-refractivity contribution in [3.05, 3.63) is 72.3 Å². The fraction of sp³-hybridized carbons (Fsp3) is 0.321. The lowest BCUT2D eigenvalue weighted by Crippen LogP contribution is -2.52. The summed E-state index contributed by atoms with van der Waals surface area (Å²) in [7, 11) is -0.237. The van der Waals surface area contributed by atoms with Crippen molar-refractivity contribution < 1.29 is 40.6 Å². The zero-order valence-corrected chi connectivity index (χ0v) is 23.5. The number of hydrogen-bond donors (Lipinski definition) is 0. The second kappa shape index (κ2) is 12.2. The van der Waals surface area contributed by atoms with Crippen LogP contribution in [0.25, 0.3) is 0 Å². The molecule has 3 aromatic carbocycles. The van der Waals surface area contributed by atoms with Gasteiger partial charge in [-0.05, 0) is 42.5 Å². The third kappa shape index (κ3) is 6.45. The lowest BCUT2D eigenvalue weighted by atomic mass is 10.2. The highest BCUT2D eigenvalue weighted by atomic mass is 32.2. The van der Waals surface area contributed by atoms with Crippen molar-refractivity contribution in [3.63, 3.8) is 0 Å². The van der Waals surface area contributed by atoms with E-state index in [2.05, 4.69) is 0 Å². The number of carbonyl (C=O) groups is 1. The number of carbonyl (C=O) groups excluding carboxylic acids is 1. The lowest BCUT2D eigenvalue weighted by molar-refractivity contribution is -0.137. The number of halogens is 3. The first-order valence-electron chi connectivity index (χ1n) is 12.6. The fourth-order valence-corrected chi connectivity index (χ4v) is 5.99. The molecule has 0 aliphatic carbocycles. The Kier molecular flexibility index (Phi) is 8.86. The first-order valence-corrected chi connectivity index (χ1v) is 14.0. The molecule has 0 aromatic heterocycles. The molecular formula is C28H30F3N3O6S. The number of hydrogen-bond acceptors (Lipinski definition) is 7. The van der Waals surface area contributed by atoms with E-state index in [4.69, 9.17) is 14.2 Å². The molecule has 0 unspecified atom stereocenters. The van der Waals surface area contributed by atoms with Crippen LogP contribution in [0.3, 0.4) is 0 Å². The summed E-state index contributed by atoms with van der Waals surface area (Å²) in [5.74, 6) is 0.507. The molecule has 0 bridgehead atoms. The van der Waals surface area contributed by atoms with Crippen LogP contribution in [0.4, 0.5) is 24.5 Å². The third-order valence-electron chi connectivity index (χ3n) is 6.74. The fourth-order valence-electron chi connectivity index (χ4n) is 4.57. The summed E-state index contributed by atoms with van der Waals surface area (Å²) in [4.78, 5) is 16.7. The van der Waals surface area contributed by atoms with Crippen LogP contribution in [0.1, 0.15) is 5.56 Å². The van der Waals surface area contributed by atoms with E-state index in [9.17, 15) is 26.4 Å². The standard InChI is InChI=1S/C28H30F3N3O6S/c1-38-24-10-5-4-9-23(24)32-13-15-33(16-14-32)27(35)19-34(21-8-6-7-20(17-21)28(29,30)31)41(36,37)22-11-12-25(39-2)26(18-22)40-3/h4-12,17-18H,13-16,19H2,1-3H3. The van der Waals surface area contributed by atoms with Gasteiger partial charge in [-0.2, -0.15) is 13.2 Å². The van der Waals surface area contributed by atoms with Gasteiger partial charge >= 0.3 is 6.18 Å². The predicted molar refractivity (Wildman–Crippen MR) is 147 cm³/mol. The summed E-state index contributed by atoms with van der Waals surface area (Å²) < 4.78 is 84.8. The molecule has 1 fully saturated rings. The molecule has 3 aromatic rings. The highest BCUT2D eigenvalue weighted by Gasteiger charge is 2.35. The summed E-state index contributed by atoms with van der Waals surface area (Å²) in [5.41, 5.74) is -0.472. The average Bonchev–Trinajstić information content (AvgIpc) is 2.98. The first kappa shape index (κ1) is 29.8. The maximum Gasteiger partial charge on any atom is 0.416 e. The van der Waals surface area contributed by atoms with Crippen molar-refractivity contribution in [1.29, 1.82) is 0 Å². The molecule has 0 radical (unpaired) electrons. The van der Waals surface area contributed by atoms with E-state index in [1.165, 1.54) is 43.4 Å². The van der Waals surface area contributed by atoms with Gasteiger partial charge in [-0.1, -0.05) is 18.2 Å². The number of sulfonamides is 1. The Morgan fingerprint density at radius 1 is 0.829 bits per heavy atom. The van der Waals surface area contributed by atoms with E-state index in [-0.39, 0.29) is 35.2 Å². The van der Waals surface area contributed by atoms with Crippen molar-refractivity contribution in [2.45, 2.75) is 11.1 Å². The van der Waals surface area contributed by atoms with E-state index >= 15 is 0 Å². The van der Waals surface area contributed by atoms with Crippen LogP contribution >= 0.6 is 0 Å². The molecule has 1 aliphatic rings. The Balaban J connectivity index is 1.63. The first-order chi connectivity index (χ1) is 19.5. The Morgan fingerprint density at radius 3 is 2.12 bits per heavy atom. The number of rotatable bonds is 9. The Labute approximate surface area is 236 Å². The van der Waals surface area contributed by atoms with Crippen LogP contribution < -0.4 is 23.4 Å². The van der Waals surface area contributed by atoms with Crippen molar-refractivity contribution >= 4 is 27.3 Å². The molecule has 0 spiro atoms. The lowest BCUT2D eigenvalue weighted by Gasteiger charge is -2.37. The predicted octanol–water partition coefficient (Wildman–Crippen LogP) is 4.28. The van der Waals surface area contributed by atoms with E-state index in [1.807, 2.05) is 29.2 Å². The normalized spacial score (nSPS) is 14.0. The second-order valence-electron chi connectivity index (χ2n) is 9.12. The molecule has 4 rings (SSSR count). The minimum Gasteiger partial charge on any atom is -0.495 e. The van der Waals surface area contributed by atoms with E-state index in [0.29, 0.717) is 29.2 Å². The van der Waals surface area contributed by atoms with Crippen LogP contribution in [0.2, 0.25) is 0 Å². The molecule has 1 aliphatic heterocycles. The maximum atomic E-state index is 13.8. The largest absolute Gasteiger partial charge is 0.495 e. The molecular weight excluding hydrogens is 563 g/mol. The van der Waals surface area contributed by atoms with Gasteiger partial charge in [0, 0.05) is 32.2 Å². The van der Waals surface area contributed by atoms with Gasteiger partial charge in [0.15, 0.2) is 11.5 Å². The molecule has 41 heavy (non-hydrogen) atoms. The number of ether oxygens (including phenoxy) is 3.